The molecule has 0 bridgehead atoms. The second-order valence-electron chi connectivity index (χ2n) is 4.06. The number of hydrogen-bond donors (Lipinski definition) is 0. The van der Waals surface area contributed by atoms with Crippen LogP contribution in [0.5, 0.6) is 0 Å². The molecular weight excluding hydrogens is 212 g/mol. The molecule has 2 heterocycles. The predicted octanol–water partition coefficient (Wildman–Crippen LogP) is 2.53. The molecule has 4 heteroatoms. The molecule has 0 amide bonds. The molecule has 1 aliphatic heterocycles. The van der Waals surface area contributed by atoms with Crippen molar-refractivity contribution in [3.63, 3.8) is 0 Å². The third-order valence-electron chi connectivity index (χ3n) is 2.41. The molecule has 15 heavy (non-hydrogen) atoms. The van der Waals surface area contributed by atoms with Crippen molar-refractivity contribution in [1.29, 1.82) is 0 Å². The lowest BCUT2D eigenvalue weighted by Crippen LogP contribution is -2.16. The van der Waals surface area contributed by atoms with Gasteiger partial charge in [-0.05, 0) is 25.3 Å². The minimum absolute atomic E-state index is 0.153. The highest BCUT2D eigenvalue weighted by molar-refractivity contribution is 7.10. The standard InChI is InChI=1S/C11H14O3S/c1-8(9-4-3-5-15-9)14-10(12)6-11(2)7-13-11/h3-5,8H,6-7H2,1-2H3. The molecule has 2 unspecified atom stereocenters. The fraction of sp³-hybridized carbons (Fsp3) is 0.545. The highest BCUT2D eigenvalue weighted by atomic mass is 32.1. The Morgan fingerprint density at radius 2 is 2.53 bits per heavy atom. The maximum atomic E-state index is 11.5. The van der Waals surface area contributed by atoms with Gasteiger partial charge in [0.05, 0.1) is 18.6 Å². The van der Waals surface area contributed by atoms with Crippen molar-refractivity contribution in [2.45, 2.75) is 32.0 Å². The quantitative estimate of drug-likeness (QED) is 0.585. The van der Waals surface area contributed by atoms with Crippen molar-refractivity contribution in [2.24, 2.45) is 0 Å². The number of carbonyl (C=O) groups is 1. The van der Waals surface area contributed by atoms with Crippen LogP contribution >= 0.6 is 11.3 Å². The maximum absolute atomic E-state index is 11.5. The second-order valence-corrected chi connectivity index (χ2v) is 5.04. The Kier molecular flexibility index (Phi) is 2.80. The third-order valence-corrected chi connectivity index (χ3v) is 3.44. The van der Waals surface area contributed by atoms with Crippen LogP contribution in [0.1, 0.15) is 31.2 Å². The Balaban J connectivity index is 1.83. The highest BCUT2D eigenvalue weighted by Gasteiger charge is 2.42. The maximum Gasteiger partial charge on any atom is 0.309 e. The van der Waals surface area contributed by atoms with Crippen LogP contribution in [0, 0.1) is 0 Å². The minimum Gasteiger partial charge on any atom is -0.457 e. The zero-order valence-corrected chi connectivity index (χ0v) is 9.67. The lowest BCUT2D eigenvalue weighted by atomic mass is 10.1. The molecule has 1 saturated heterocycles. The molecule has 0 radical (unpaired) electrons. The zero-order chi connectivity index (χ0) is 10.9. The second kappa shape index (κ2) is 3.94. The smallest absolute Gasteiger partial charge is 0.309 e. The van der Waals surface area contributed by atoms with Gasteiger partial charge in [-0.1, -0.05) is 6.07 Å². The van der Waals surface area contributed by atoms with E-state index in [2.05, 4.69) is 0 Å². The van der Waals surface area contributed by atoms with Crippen LogP contribution in [0.2, 0.25) is 0 Å². The van der Waals surface area contributed by atoms with Gasteiger partial charge in [-0.25, -0.2) is 0 Å². The molecule has 3 nitrogen and oxygen atoms in total. The lowest BCUT2D eigenvalue weighted by molar-refractivity contribution is -0.149. The van der Waals surface area contributed by atoms with E-state index in [9.17, 15) is 4.79 Å². The van der Waals surface area contributed by atoms with Crippen LogP contribution in [-0.4, -0.2) is 18.2 Å². The topological polar surface area (TPSA) is 38.8 Å². The average molecular weight is 226 g/mol. The van der Waals surface area contributed by atoms with E-state index in [-0.39, 0.29) is 17.7 Å². The van der Waals surface area contributed by atoms with Gasteiger partial charge < -0.3 is 9.47 Å². The van der Waals surface area contributed by atoms with E-state index in [1.54, 1.807) is 11.3 Å². The van der Waals surface area contributed by atoms with Crippen LogP contribution in [0.25, 0.3) is 0 Å². The monoisotopic (exact) mass is 226 g/mol. The first kappa shape index (κ1) is 10.6. The van der Waals surface area contributed by atoms with Gasteiger partial charge in [-0.3, -0.25) is 4.79 Å². The lowest BCUT2D eigenvalue weighted by Gasteiger charge is -2.12. The van der Waals surface area contributed by atoms with Crippen molar-refractivity contribution in [1.82, 2.24) is 0 Å². The van der Waals surface area contributed by atoms with E-state index in [1.165, 1.54) is 0 Å². The Hall–Kier alpha value is -0.870. The fourth-order valence-corrected chi connectivity index (χ4v) is 2.06. The number of ether oxygens (including phenoxy) is 2. The minimum atomic E-state index is -0.258. The Morgan fingerprint density at radius 3 is 3.07 bits per heavy atom. The predicted molar refractivity (Wildman–Crippen MR) is 57.8 cm³/mol. The molecule has 1 fully saturated rings. The molecular formula is C11H14O3S. The summed E-state index contributed by atoms with van der Waals surface area (Å²) in [6, 6.07) is 3.92. The average Bonchev–Trinajstić information content (AvgIpc) is 2.71. The van der Waals surface area contributed by atoms with Crippen LogP contribution < -0.4 is 0 Å². The van der Waals surface area contributed by atoms with E-state index in [4.69, 9.17) is 9.47 Å². The molecule has 82 valence electrons. The first-order valence-electron chi connectivity index (χ1n) is 4.96. The van der Waals surface area contributed by atoms with Gasteiger partial charge in [0.15, 0.2) is 0 Å². The van der Waals surface area contributed by atoms with Gasteiger partial charge in [-0.15, -0.1) is 11.3 Å². The molecule has 0 aliphatic carbocycles. The molecule has 0 spiro atoms. The van der Waals surface area contributed by atoms with E-state index in [0.717, 1.165) is 4.88 Å². The van der Waals surface area contributed by atoms with Crippen LogP contribution in [0.3, 0.4) is 0 Å². The van der Waals surface area contributed by atoms with Gasteiger partial charge in [0, 0.05) is 4.88 Å². The molecule has 1 aromatic heterocycles. The number of hydrogen-bond acceptors (Lipinski definition) is 4. The zero-order valence-electron chi connectivity index (χ0n) is 8.86. The van der Waals surface area contributed by atoms with Gasteiger partial charge in [0.1, 0.15) is 6.10 Å². The number of rotatable bonds is 4. The summed E-state index contributed by atoms with van der Waals surface area (Å²) < 4.78 is 10.4. The van der Waals surface area contributed by atoms with Crippen LogP contribution in [0.4, 0.5) is 0 Å². The number of carbonyl (C=O) groups excluding carboxylic acids is 1. The molecule has 2 atom stereocenters. The van der Waals surface area contributed by atoms with Crippen molar-refractivity contribution >= 4 is 17.3 Å². The Morgan fingerprint density at radius 1 is 1.80 bits per heavy atom. The van der Waals surface area contributed by atoms with E-state index in [1.807, 2.05) is 31.4 Å². The van der Waals surface area contributed by atoms with Crippen LogP contribution in [-0.2, 0) is 14.3 Å². The molecule has 0 N–H and O–H groups in total. The number of thiophene rings is 1. The largest absolute Gasteiger partial charge is 0.457 e. The molecule has 0 saturated carbocycles. The van der Waals surface area contributed by atoms with Gasteiger partial charge in [0.25, 0.3) is 0 Å². The van der Waals surface area contributed by atoms with E-state index < -0.39 is 0 Å². The summed E-state index contributed by atoms with van der Waals surface area (Å²) in [6.45, 7) is 4.47. The summed E-state index contributed by atoms with van der Waals surface area (Å²) >= 11 is 1.60. The van der Waals surface area contributed by atoms with Crippen molar-refractivity contribution in [2.75, 3.05) is 6.61 Å². The first-order valence-corrected chi connectivity index (χ1v) is 5.84. The normalized spacial score (nSPS) is 26.0. The van der Waals surface area contributed by atoms with E-state index in [0.29, 0.717) is 13.0 Å². The summed E-state index contributed by atoms with van der Waals surface area (Å²) in [5, 5.41) is 1.98. The van der Waals surface area contributed by atoms with Gasteiger partial charge in [-0.2, -0.15) is 0 Å². The molecule has 1 aromatic rings. The summed E-state index contributed by atoms with van der Waals surface area (Å²) in [5.74, 6) is -0.184. The molecule has 2 rings (SSSR count). The van der Waals surface area contributed by atoms with Crippen molar-refractivity contribution < 1.29 is 14.3 Å². The van der Waals surface area contributed by atoms with Gasteiger partial charge in [0.2, 0.25) is 0 Å². The third kappa shape index (κ3) is 2.79. The molecule has 0 aromatic carbocycles. The molecule has 1 aliphatic rings. The number of esters is 1. The number of epoxide rings is 1. The summed E-state index contributed by atoms with van der Waals surface area (Å²) in [5.41, 5.74) is -0.258. The highest BCUT2D eigenvalue weighted by Crippen LogP contribution is 2.31. The summed E-state index contributed by atoms with van der Waals surface area (Å²) in [4.78, 5) is 12.6. The Labute approximate surface area is 93.0 Å². The SMILES string of the molecule is CC(OC(=O)CC1(C)CO1)c1cccs1. The van der Waals surface area contributed by atoms with Gasteiger partial charge >= 0.3 is 5.97 Å². The first-order chi connectivity index (χ1) is 7.09. The summed E-state index contributed by atoms with van der Waals surface area (Å²) in [6.07, 6.45) is 0.197. The van der Waals surface area contributed by atoms with E-state index >= 15 is 0 Å². The van der Waals surface area contributed by atoms with Crippen molar-refractivity contribution in [3.05, 3.63) is 22.4 Å². The Bertz CT molecular complexity index is 341. The fourth-order valence-electron chi connectivity index (χ4n) is 1.35. The van der Waals surface area contributed by atoms with Crippen molar-refractivity contribution in [3.8, 4) is 0 Å². The summed E-state index contributed by atoms with van der Waals surface area (Å²) in [7, 11) is 0. The van der Waals surface area contributed by atoms with Crippen LogP contribution in [0.15, 0.2) is 17.5 Å².